The predicted molar refractivity (Wildman–Crippen MR) is 106 cm³/mol. The molecule has 2 nitrogen and oxygen atoms in total. The fourth-order valence-corrected chi connectivity index (χ4v) is 2.75. The minimum absolute atomic E-state index is 0.743. The van der Waals surface area contributed by atoms with Crippen molar-refractivity contribution in [3.63, 3.8) is 0 Å². The van der Waals surface area contributed by atoms with Crippen LogP contribution in [0.5, 0.6) is 5.75 Å². The summed E-state index contributed by atoms with van der Waals surface area (Å²) < 4.78 is 5.55. The Kier molecular flexibility index (Phi) is 5.32. The van der Waals surface area contributed by atoms with Gasteiger partial charge in [0.15, 0.2) is 0 Å². The van der Waals surface area contributed by atoms with Crippen LogP contribution in [0.2, 0.25) is 0 Å². The topological polar surface area (TPSA) is 35.2 Å². The largest absolute Gasteiger partial charge is 0.496 e. The lowest BCUT2D eigenvalue weighted by molar-refractivity contribution is 0.413. The summed E-state index contributed by atoms with van der Waals surface area (Å²) in [6, 6.07) is 26.1. The second kappa shape index (κ2) is 8.02. The average Bonchev–Trinajstić information content (AvgIpc) is 2.67. The molecule has 0 spiro atoms. The van der Waals surface area contributed by atoms with Crippen LogP contribution in [0, 0.1) is 0 Å². The molecule has 0 saturated carbocycles. The maximum atomic E-state index is 6.23. The van der Waals surface area contributed by atoms with Gasteiger partial charge in [0.05, 0.1) is 7.11 Å². The molecular weight excluding hydrogens is 306 g/mol. The Morgan fingerprint density at radius 1 is 0.800 bits per heavy atom. The van der Waals surface area contributed by atoms with Gasteiger partial charge in [0.1, 0.15) is 5.75 Å². The van der Waals surface area contributed by atoms with E-state index in [9.17, 15) is 0 Å². The van der Waals surface area contributed by atoms with Crippen molar-refractivity contribution in [3.8, 4) is 5.75 Å². The highest BCUT2D eigenvalue weighted by Gasteiger charge is 2.11. The number of nitrogen functional groups attached to an aromatic ring is 1. The van der Waals surface area contributed by atoms with Gasteiger partial charge in [-0.25, -0.2) is 0 Å². The van der Waals surface area contributed by atoms with Gasteiger partial charge in [-0.15, -0.1) is 0 Å². The molecule has 0 atom stereocenters. The zero-order valence-corrected chi connectivity index (χ0v) is 14.2. The Hall–Kier alpha value is -3.26. The number of rotatable bonds is 5. The van der Waals surface area contributed by atoms with Crippen molar-refractivity contribution in [2.75, 3.05) is 12.8 Å². The Labute approximate surface area is 148 Å². The van der Waals surface area contributed by atoms with Crippen LogP contribution in [0.3, 0.4) is 0 Å². The molecule has 2 heteroatoms. The molecule has 0 aliphatic carbocycles. The summed E-state index contributed by atoms with van der Waals surface area (Å²) in [5.41, 5.74) is 11.2. The number of para-hydroxylation sites is 2. The lowest BCUT2D eigenvalue weighted by Gasteiger charge is -2.14. The third kappa shape index (κ3) is 3.99. The van der Waals surface area contributed by atoms with Gasteiger partial charge in [0, 0.05) is 16.8 Å². The van der Waals surface area contributed by atoms with E-state index < -0.39 is 0 Å². The van der Waals surface area contributed by atoms with E-state index in [0.717, 1.165) is 33.7 Å². The summed E-state index contributed by atoms with van der Waals surface area (Å²) in [4.78, 5) is 0. The molecule has 3 aromatic carbocycles. The standard InChI is InChI=1S/C23H21NO/c1-25-23-17-8-6-14-21(23)19(20-13-5-7-16-22(20)24)15-9-12-18-10-3-2-4-11-18/h2-17H,24H2,1H3/b12-9+,19-15-. The van der Waals surface area contributed by atoms with Gasteiger partial charge >= 0.3 is 0 Å². The second-order valence-corrected chi connectivity index (χ2v) is 5.64. The van der Waals surface area contributed by atoms with Crippen molar-refractivity contribution < 1.29 is 4.74 Å². The highest BCUT2D eigenvalue weighted by molar-refractivity contribution is 5.88. The summed E-state index contributed by atoms with van der Waals surface area (Å²) in [6.07, 6.45) is 6.20. The maximum absolute atomic E-state index is 6.23. The van der Waals surface area contributed by atoms with E-state index in [2.05, 4.69) is 24.3 Å². The Bertz CT molecular complexity index is 895. The van der Waals surface area contributed by atoms with Gasteiger partial charge < -0.3 is 10.5 Å². The summed E-state index contributed by atoms with van der Waals surface area (Å²) in [6.45, 7) is 0. The molecule has 3 rings (SSSR count). The zero-order chi connectivity index (χ0) is 17.5. The summed E-state index contributed by atoms with van der Waals surface area (Å²) >= 11 is 0. The molecule has 0 fully saturated rings. The van der Waals surface area contributed by atoms with Gasteiger partial charge in [0.25, 0.3) is 0 Å². The summed E-state index contributed by atoms with van der Waals surface area (Å²) in [5.74, 6) is 0.824. The van der Waals surface area contributed by atoms with Crippen LogP contribution in [-0.4, -0.2) is 7.11 Å². The minimum Gasteiger partial charge on any atom is -0.496 e. The molecule has 25 heavy (non-hydrogen) atoms. The average molecular weight is 327 g/mol. The molecule has 0 unspecified atom stereocenters. The maximum Gasteiger partial charge on any atom is 0.126 e. The first-order valence-electron chi connectivity index (χ1n) is 8.21. The van der Waals surface area contributed by atoms with Crippen molar-refractivity contribution in [2.24, 2.45) is 0 Å². The van der Waals surface area contributed by atoms with Crippen LogP contribution in [0.15, 0.2) is 91.0 Å². The van der Waals surface area contributed by atoms with Crippen molar-refractivity contribution in [3.05, 3.63) is 108 Å². The van der Waals surface area contributed by atoms with Gasteiger partial charge in [0.2, 0.25) is 0 Å². The Balaban J connectivity index is 2.08. The van der Waals surface area contributed by atoms with Gasteiger partial charge in [-0.1, -0.05) is 85.0 Å². The predicted octanol–water partition coefficient (Wildman–Crippen LogP) is 5.42. The molecule has 3 aromatic rings. The molecule has 0 heterocycles. The van der Waals surface area contributed by atoms with Crippen LogP contribution < -0.4 is 10.5 Å². The van der Waals surface area contributed by atoms with Crippen molar-refractivity contribution in [1.82, 2.24) is 0 Å². The van der Waals surface area contributed by atoms with E-state index in [-0.39, 0.29) is 0 Å². The zero-order valence-electron chi connectivity index (χ0n) is 14.2. The van der Waals surface area contributed by atoms with E-state index in [1.807, 2.05) is 72.8 Å². The SMILES string of the molecule is COc1ccccc1/C(=C\C=C\c1ccccc1)c1ccccc1N. The monoisotopic (exact) mass is 327 g/mol. The van der Waals surface area contributed by atoms with E-state index in [0.29, 0.717) is 0 Å². The van der Waals surface area contributed by atoms with E-state index in [4.69, 9.17) is 10.5 Å². The van der Waals surface area contributed by atoms with Crippen LogP contribution >= 0.6 is 0 Å². The number of hydrogen-bond donors (Lipinski definition) is 1. The number of methoxy groups -OCH3 is 1. The van der Waals surface area contributed by atoms with E-state index in [1.165, 1.54) is 0 Å². The first-order valence-corrected chi connectivity index (χ1v) is 8.21. The second-order valence-electron chi connectivity index (χ2n) is 5.64. The smallest absolute Gasteiger partial charge is 0.126 e. The molecule has 0 aliphatic heterocycles. The number of benzene rings is 3. The third-order valence-electron chi connectivity index (χ3n) is 4.00. The fraction of sp³-hybridized carbons (Fsp3) is 0.0435. The normalized spacial score (nSPS) is 11.6. The van der Waals surface area contributed by atoms with Gasteiger partial charge in [-0.05, 0) is 23.3 Å². The molecule has 0 saturated heterocycles. The Morgan fingerprint density at radius 2 is 1.44 bits per heavy atom. The number of nitrogens with two attached hydrogens (primary N) is 1. The van der Waals surface area contributed by atoms with Crippen LogP contribution in [0.25, 0.3) is 11.6 Å². The fourth-order valence-electron chi connectivity index (χ4n) is 2.75. The highest BCUT2D eigenvalue weighted by Crippen LogP contribution is 2.33. The highest BCUT2D eigenvalue weighted by atomic mass is 16.5. The third-order valence-corrected chi connectivity index (χ3v) is 4.00. The number of allylic oxidation sites excluding steroid dienone is 2. The molecule has 0 radical (unpaired) electrons. The van der Waals surface area contributed by atoms with Crippen LogP contribution in [0.4, 0.5) is 5.69 Å². The van der Waals surface area contributed by atoms with Crippen molar-refractivity contribution in [2.45, 2.75) is 0 Å². The summed E-state index contributed by atoms with van der Waals surface area (Å²) in [5, 5.41) is 0. The number of anilines is 1. The van der Waals surface area contributed by atoms with E-state index in [1.54, 1.807) is 7.11 Å². The molecule has 0 aliphatic rings. The van der Waals surface area contributed by atoms with E-state index >= 15 is 0 Å². The molecule has 124 valence electrons. The lowest BCUT2D eigenvalue weighted by Crippen LogP contribution is -1.97. The van der Waals surface area contributed by atoms with Crippen molar-refractivity contribution >= 4 is 17.3 Å². The molecular formula is C23H21NO. The first kappa shape index (κ1) is 16.6. The molecule has 0 bridgehead atoms. The minimum atomic E-state index is 0.743. The van der Waals surface area contributed by atoms with Crippen molar-refractivity contribution in [1.29, 1.82) is 0 Å². The summed E-state index contributed by atoms with van der Waals surface area (Å²) in [7, 11) is 1.69. The number of hydrogen-bond acceptors (Lipinski definition) is 2. The molecule has 2 N–H and O–H groups in total. The molecule has 0 amide bonds. The Morgan fingerprint density at radius 3 is 2.16 bits per heavy atom. The molecule has 0 aromatic heterocycles. The lowest BCUT2D eigenvalue weighted by atomic mass is 9.95. The van der Waals surface area contributed by atoms with Crippen LogP contribution in [0.1, 0.15) is 16.7 Å². The van der Waals surface area contributed by atoms with Gasteiger partial charge in [-0.2, -0.15) is 0 Å². The first-order chi connectivity index (χ1) is 12.3. The van der Waals surface area contributed by atoms with Crippen LogP contribution in [-0.2, 0) is 0 Å². The van der Waals surface area contributed by atoms with Gasteiger partial charge in [-0.3, -0.25) is 0 Å². The number of ether oxygens (including phenoxy) is 1. The quantitative estimate of drug-likeness (QED) is 0.501.